The van der Waals surface area contributed by atoms with Crippen molar-refractivity contribution < 1.29 is 9.59 Å². The molecule has 8 nitrogen and oxygen atoms in total. The van der Waals surface area contributed by atoms with Crippen LogP contribution in [0, 0.1) is 0 Å². The van der Waals surface area contributed by atoms with Gasteiger partial charge in [-0.1, -0.05) is 121 Å². The van der Waals surface area contributed by atoms with Crippen molar-refractivity contribution >= 4 is 54.3 Å². The summed E-state index contributed by atoms with van der Waals surface area (Å²) in [6.07, 6.45) is 0. The first-order valence-electron chi connectivity index (χ1n) is 14.9. The Hall–Kier alpha value is -4.64. The van der Waals surface area contributed by atoms with Gasteiger partial charge < -0.3 is 4.90 Å². The maximum Gasteiger partial charge on any atom is 0.330 e. The first kappa shape index (κ1) is 31.3. The van der Waals surface area contributed by atoms with Crippen molar-refractivity contribution in [2.24, 2.45) is 14.1 Å². The Balaban J connectivity index is 1.72. The molecule has 5 aromatic rings. The van der Waals surface area contributed by atoms with E-state index >= 15 is 0 Å². The van der Waals surface area contributed by atoms with Gasteiger partial charge in [-0.2, -0.15) is 0 Å². The number of carbonyl (C=O) groups excluding carboxylic acids is 2. The Morgan fingerprint density at radius 1 is 0.543 bits per heavy atom. The summed E-state index contributed by atoms with van der Waals surface area (Å²) in [7, 11) is 3.34. The van der Waals surface area contributed by atoms with Crippen molar-refractivity contribution in [1.82, 2.24) is 18.9 Å². The molecule has 0 bridgehead atoms. The minimum atomic E-state index is -1.51. The zero-order valence-electron chi connectivity index (χ0n) is 26.0. The molecular formula is C36H34N4O4P2. The predicted molar refractivity (Wildman–Crippen MR) is 187 cm³/mol. The molecular weight excluding hydrogens is 614 g/mol. The van der Waals surface area contributed by atoms with Gasteiger partial charge in [0.15, 0.2) is 0 Å². The molecule has 0 spiro atoms. The van der Waals surface area contributed by atoms with Crippen LogP contribution in [-0.4, -0.2) is 50.6 Å². The van der Waals surface area contributed by atoms with Gasteiger partial charge in [0.25, 0.3) is 5.56 Å². The number of imide groups is 1. The fourth-order valence-corrected chi connectivity index (χ4v) is 11.7. The van der Waals surface area contributed by atoms with Gasteiger partial charge in [-0.05, 0) is 37.1 Å². The van der Waals surface area contributed by atoms with Crippen LogP contribution in [0.1, 0.15) is 11.7 Å². The molecule has 232 valence electrons. The number of benzene rings is 4. The normalized spacial score (nSPS) is 16.8. The summed E-state index contributed by atoms with van der Waals surface area (Å²) in [6, 6.07) is 37.8. The van der Waals surface area contributed by atoms with Crippen LogP contribution in [0.25, 0.3) is 0 Å². The Morgan fingerprint density at radius 3 is 1.39 bits per heavy atom. The number of carbonyl (C=O) groups is 2. The minimum absolute atomic E-state index is 0.352. The third kappa shape index (κ3) is 5.42. The van der Waals surface area contributed by atoms with E-state index in [0.29, 0.717) is 11.0 Å². The number of nitrogens with zero attached hydrogens (tertiary/aromatic N) is 4. The molecule has 46 heavy (non-hydrogen) atoms. The fourth-order valence-electron chi connectivity index (χ4n) is 6.18. The van der Waals surface area contributed by atoms with Crippen molar-refractivity contribution in [1.29, 1.82) is 0 Å². The van der Waals surface area contributed by atoms with Crippen LogP contribution >= 0.6 is 15.8 Å². The highest BCUT2D eigenvalue weighted by Crippen LogP contribution is 2.50. The molecule has 1 aliphatic rings. The van der Waals surface area contributed by atoms with Gasteiger partial charge in [0, 0.05) is 28.2 Å². The van der Waals surface area contributed by atoms with E-state index < -0.39 is 44.8 Å². The van der Waals surface area contributed by atoms with E-state index in [9.17, 15) is 19.2 Å². The van der Waals surface area contributed by atoms with Crippen molar-refractivity contribution in [3.8, 4) is 0 Å². The first-order valence-corrected chi connectivity index (χ1v) is 17.6. The third-order valence-electron chi connectivity index (χ3n) is 8.45. The lowest BCUT2D eigenvalue weighted by Crippen LogP contribution is -2.61. The molecule has 1 aromatic heterocycles. The highest BCUT2D eigenvalue weighted by molar-refractivity contribution is 7.80. The Morgan fingerprint density at radius 2 is 0.957 bits per heavy atom. The highest BCUT2D eigenvalue weighted by Gasteiger charge is 2.51. The monoisotopic (exact) mass is 648 g/mol. The zero-order chi connectivity index (χ0) is 32.5. The number of aromatic nitrogens is 2. The van der Waals surface area contributed by atoms with Crippen molar-refractivity contribution in [3.05, 3.63) is 148 Å². The van der Waals surface area contributed by atoms with Crippen LogP contribution < -0.4 is 37.8 Å². The smallest absolute Gasteiger partial charge is 0.318 e. The zero-order valence-corrected chi connectivity index (χ0v) is 27.8. The van der Waals surface area contributed by atoms with E-state index in [-0.39, 0.29) is 5.91 Å². The van der Waals surface area contributed by atoms with Gasteiger partial charge in [-0.15, -0.1) is 0 Å². The lowest BCUT2D eigenvalue weighted by atomic mass is 10.0. The molecule has 1 fully saturated rings. The second-order valence-electron chi connectivity index (χ2n) is 11.2. The van der Waals surface area contributed by atoms with E-state index in [2.05, 4.69) is 0 Å². The molecule has 0 radical (unpaired) electrons. The summed E-state index contributed by atoms with van der Waals surface area (Å²) in [4.78, 5) is 59.4. The standard InChI is InChI=1S/C36H34N4O4P2/c1-37-29(31(33(41)39(3)35(37)43)45(25-17-9-5-10-18-25)26-19-11-6-12-20-26)30-32(34(42)40(4)36(44)38(30)2)46(27-21-13-7-14-22-27)28-23-15-8-16-24-28/h5-24,29,31H,1-4H3/t29-,31?/m0/s1. The van der Waals surface area contributed by atoms with Crippen molar-refractivity contribution in [3.63, 3.8) is 0 Å². The topological polar surface area (TPSA) is 84.6 Å². The quantitative estimate of drug-likeness (QED) is 0.254. The number of urea groups is 1. The molecule has 0 N–H and O–H groups in total. The maximum atomic E-state index is 14.6. The van der Waals surface area contributed by atoms with Gasteiger partial charge >= 0.3 is 11.7 Å². The number of hydrogen-bond acceptors (Lipinski definition) is 4. The maximum absolute atomic E-state index is 14.6. The Bertz CT molecular complexity index is 1920. The summed E-state index contributed by atoms with van der Waals surface area (Å²) in [6.45, 7) is 0. The fraction of sp³-hybridized carbons (Fsp3) is 0.167. The largest absolute Gasteiger partial charge is 0.330 e. The molecule has 6 rings (SSSR count). The molecule has 2 heterocycles. The van der Waals surface area contributed by atoms with E-state index in [4.69, 9.17) is 0 Å². The third-order valence-corrected chi connectivity index (χ3v) is 13.7. The second kappa shape index (κ2) is 13.0. The number of amides is 3. The van der Waals surface area contributed by atoms with E-state index in [1.165, 1.54) is 28.5 Å². The van der Waals surface area contributed by atoms with Gasteiger partial charge in [0.05, 0.1) is 22.7 Å². The summed E-state index contributed by atoms with van der Waals surface area (Å²) >= 11 is 0. The molecule has 10 heteroatoms. The minimum Gasteiger partial charge on any atom is -0.318 e. The van der Waals surface area contributed by atoms with Crippen LogP contribution in [0.2, 0.25) is 0 Å². The van der Waals surface area contributed by atoms with Gasteiger partial charge in [-0.3, -0.25) is 23.6 Å². The van der Waals surface area contributed by atoms with E-state index in [1.807, 2.05) is 121 Å². The molecule has 0 saturated carbocycles. The lowest BCUT2D eigenvalue weighted by molar-refractivity contribution is -0.130. The summed E-state index contributed by atoms with van der Waals surface area (Å²) in [5.41, 5.74) is -1.37. The Labute approximate surface area is 270 Å². The molecule has 0 aliphatic carbocycles. The highest BCUT2D eigenvalue weighted by atomic mass is 31.1. The molecule has 2 atom stereocenters. The van der Waals surface area contributed by atoms with Crippen LogP contribution in [0.3, 0.4) is 0 Å². The Kier molecular flexibility index (Phi) is 8.86. The molecule has 1 aliphatic heterocycles. The van der Waals surface area contributed by atoms with Gasteiger partial charge in [0.1, 0.15) is 0 Å². The summed E-state index contributed by atoms with van der Waals surface area (Å²) in [5.74, 6) is -0.352. The summed E-state index contributed by atoms with van der Waals surface area (Å²) < 4.78 is 2.60. The van der Waals surface area contributed by atoms with Crippen LogP contribution in [-0.2, 0) is 18.9 Å². The van der Waals surface area contributed by atoms with Crippen molar-refractivity contribution in [2.75, 3.05) is 14.1 Å². The average molecular weight is 649 g/mol. The molecule has 1 unspecified atom stereocenters. The number of hydrogen-bond donors (Lipinski definition) is 0. The van der Waals surface area contributed by atoms with Gasteiger partial charge in [0.2, 0.25) is 5.91 Å². The molecule has 3 amide bonds. The van der Waals surface area contributed by atoms with Crippen LogP contribution in [0.5, 0.6) is 0 Å². The van der Waals surface area contributed by atoms with E-state index in [1.54, 1.807) is 14.1 Å². The van der Waals surface area contributed by atoms with Crippen LogP contribution in [0.4, 0.5) is 4.79 Å². The van der Waals surface area contributed by atoms with Gasteiger partial charge in [-0.25, -0.2) is 9.59 Å². The lowest BCUT2D eigenvalue weighted by Gasteiger charge is -2.46. The van der Waals surface area contributed by atoms with E-state index in [0.717, 1.165) is 25.8 Å². The summed E-state index contributed by atoms with van der Waals surface area (Å²) in [5, 5.41) is 4.15. The molecule has 1 saturated heterocycles. The first-order chi connectivity index (χ1) is 22.2. The van der Waals surface area contributed by atoms with Crippen molar-refractivity contribution in [2.45, 2.75) is 11.7 Å². The SMILES string of the molecule is CN1C(=O)C(P(c2ccccc2)c2ccccc2)[C@H](c2c(P(c3ccccc3)c3ccccc3)c(=O)n(C)c(=O)n2C)N(C)C1=O. The van der Waals surface area contributed by atoms with Crippen LogP contribution in [0.15, 0.2) is 131 Å². The average Bonchev–Trinajstić information content (AvgIpc) is 3.10. The molecule has 4 aromatic carbocycles. The second-order valence-corrected chi connectivity index (χ2v) is 15.6. The predicted octanol–water partition coefficient (Wildman–Crippen LogP) is 2.91. The number of rotatable bonds is 7.